The van der Waals surface area contributed by atoms with Crippen LogP contribution in [-0.2, 0) is 4.79 Å². The predicted octanol–water partition coefficient (Wildman–Crippen LogP) is 3.82. The Morgan fingerprint density at radius 1 is 1.17 bits per heavy atom. The van der Waals surface area contributed by atoms with Gasteiger partial charge < -0.3 is 14.6 Å². The van der Waals surface area contributed by atoms with Gasteiger partial charge in [-0.05, 0) is 42.0 Å². The highest BCUT2D eigenvalue weighted by Gasteiger charge is 2.11. The van der Waals surface area contributed by atoms with Gasteiger partial charge in [0.2, 0.25) is 0 Å². The summed E-state index contributed by atoms with van der Waals surface area (Å²) >= 11 is 3.42. The Kier molecular flexibility index (Phi) is 6.14. The van der Waals surface area contributed by atoms with E-state index in [1.807, 2.05) is 24.3 Å². The molecule has 0 bridgehead atoms. The highest BCUT2D eigenvalue weighted by atomic mass is 79.9. The van der Waals surface area contributed by atoms with E-state index in [9.17, 15) is 9.59 Å². The molecule has 0 fully saturated rings. The number of halogens is 1. The minimum atomic E-state index is -1.09. The van der Waals surface area contributed by atoms with Gasteiger partial charge in [-0.2, -0.15) is 0 Å². The zero-order valence-electron chi connectivity index (χ0n) is 12.9. The summed E-state index contributed by atoms with van der Waals surface area (Å²) in [6.45, 7) is -0.481. The summed E-state index contributed by atoms with van der Waals surface area (Å²) in [5.74, 6) is -0.718. The fourth-order valence-electron chi connectivity index (χ4n) is 1.95. The van der Waals surface area contributed by atoms with E-state index in [1.165, 1.54) is 25.3 Å². The third-order valence-electron chi connectivity index (χ3n) is 3.12. The van der Waals surface area contributed by atoms with Crippen LogP contribution in [0.5, 0.6) is 11.5 Å². The van der Waals surface area contributed by atoms with Gasteiger partial charge in [-0.1, -0.05) is 34.1 Å². The molecule has 6 heteroatoms. The maximum atomic E-state index is 12.3. The van der Waals surface area contributed by atoms with Crippen LogP contribution in [0.2, 0.25) is 0 Å². The average Bonchev–Trinajstić information content (AvgIpc) is 2.58. The van der Waals surface area contributed by atoms with Crippen LogP contribution in [0.3, 0.4) is 0 Å². The first-order chi connectivity index (χ1) is 11.5. The van der Waals surface area contributed by atoms with Gasteiger partial charge in [0, 0.05) is 10.0 Å². The standard InChI is InChI=1S/C18H15BrO5/c1-23-17-10-13(7-9-16(17)24-11-18(21)22)15(20)8-6-12-4-2-3-5-14(12)19/h2-10H,11H2,1H3,(H,21,22)/b8-6+. The zero-order chi connectivity index (χ0) is 17.5. The van der Waals surface area contributed by atoms with E-state index in [1.54, 1.807) is 12.1 Å². The highest BCUT2D eigenvalue weighted by Crippen LogP contribution is 2.28. The van der Waals surface area contributed by atoms with Crippen molar-refractivity contribution in [1.82, 2.24) is 0 Å². The second-order valence-electron chi connectivity index (χ2n) is 4.77. The van der Waals surface area contributed by atoms with Crippen molar-refractivity contribution in [2.45, 2.75) is 0 Å². The molecule has 0 saturated heterocycles. The van der Waals surface area contributed by atoms with Crippen molar-refractivity contribution >= 4 is 33.8 Å². The predicted molar refractivity (Wildman–Crippen MR) is 93.6 cm³/mol. The number of carboxylic acids is 1. The van der Waals surface area contributed by atoms with E-state index in [0.717, 1.165) is 10.0 Å². The number of carbonyl (C=O) groups excluding carboxylic acids is 1. The van der Waals surface area contributed by atoms with Gasteiger partial charge in [0.05, 0.1) is 7.11 Å². The number of allylic oxidation sites excluding steroid dienone is 1. The number of carbonyl (C=O) groups is 2. The van der Waals surface area contributed by atoms with E-state index >= 15 is 0 Å². The van der Waals surface area contributed by atoms with E-state index in [2.05, 4.69) is 15.9 Å². The van der Waals surface area contributed by atoms with Crippen molar-refractivity contribution < 1.29 is 24.2 Å². The average molecular weight is 391 g/mol. The second-order valence-corrected chi connectivity index (χ2v) is 5.62. The normalized spacial score (nSPS) is 10.6. The van der Waals surface area contributed by atoms with Crippen LogP contribution in [0.15, 0.2) is 53.0 Å². The quantitative estimate of drug-likeness (QED) is 0.574. The third kappa shape index (κ3) is 4.70. The van der Waals surface area contributed by atoms with Crippen LogP contribution in [0.25, 0.3) is 6.08 Å². The molecule has 0 spiro atoms. The van der Waals surface area contributed by atoms with E-state index in [0.29, 0.717) is 11.3 Å². The van der Waals surface area contributed by atoms with Crippen LogP contribution < -0.4 is 9.47 Å². The maximum absolute atomic E-state index is 12.3. The molecule has 0 aliphatic carbocycles. The Morgan fingerprint density at radius 2 is 1.92 bits per heavy atom. The van der Waals surface area contributed by atoms with Gasteiger partial charge >= 0.3 is 5.97 Å². The number of hydrogen-bond donors (Lipinski definition) is 1. The number of carboxylic acid groups (broad SMARTS) is 1. The Labute approximate surface area is 147 Å². The molecule has 0 heterocycles. The molecule has 2 rings (SSSR count). The molecule has 24 heavy (non-hydrogen) atoms. The van der Waals surface area contributed by atoms with Crippen LogP contribution in [0.4, 0.5) is 0 Å². The number of methoxy groups -OCH3 is 1. The van der Waals surface area contributed by atoms with E-state index < -0.39 is 12.6 Å². The summed E-state index contributed by atoms with van der Waals surface area (Å²) < 4.78 is 11.2. The molecule has 124 valence electrons. The van der Waals surface area contributed by atoms with Crippen molar-refractivity contribution in [3.05, 3.63) is 64.1 Å². The van der Waals surface area contributed by atoms with Gasteiger partial charge in [0.15, 0.2) is 23.9 Å². The third-order valence-corrected chi connectivity index (χ3v) is 3.84. The lowest BCUT2D eigenvalue weighted by atomic mass is 10.1. The Hall–Kier alpha value is -2.60. The molecular formula is C18H15BrO5. The van der Waals surface area contributed by atoms with Gasteiger partial charge in [0.25, 0.3) is 0 Å². The Balaban J connectivity index is 2.17. The van der Waals surface area contributed by atoms with Crippen molar-refractivity contribution in [2.75, 3.05) is 13.7 Å². The molecule has 5 nitrogen and oxygen atoms in total. The lowest BCUT2D eigenvalue weighted by Gasteiger charge is -2.10. The van der Waals surface area contributed by atoms with Crippen molar-refractivity contribution in [3.8, 4) is 11.5 Å². The van der Waals surface area contributed by atoms with Gasteiger partial charge in [0.1, 0.15) is 0 Å². The van der Waals surface area contributed by atoms with E-state index in [4.69, 9.17) is 14.6 Å². The second kappa shape index (κ2) is 8.31. The topological polar surface area (TPSA) is 72.8 Å². The van der Waals surface area contributed by atoms with Gasteiger partial charge in [-0.15, -0.1) is 0 Å². The van der Waals surface area contributed by atoms with Crippen molar-refractivity contribution in [1.29, 1.82) is 0 Å². The summed E-state index contributed by atoms with van der Waals surface area (Å²) in [5, 5.41) is 8.65. The molecule has 0 amide bonds. The fraction of sp³-hybridized carbons (Fsp3) is 0.111. The summed E-state index contributed by atoms with van der Waals surface area (Å²) in [5.41, 5.74) is 1.30. The molecule has 1 N–H and O–H groups in total. The van der Waals surface area contributed by atoms with Gasteiger partial charge in [-0.25, -0.2) is 4.79 Å². The van der Waals surface area contributed by atoms with Gasteiger partial charge in [-0.3, -0.25) is 4.79 Å². The molecule has 0 unspecified atom stereocenters. The minimum absolute atomic E-state index is 0.200. The number of aliphatic carboxylic acids is 1. The van der Waals surface area contributed by atoms with Crippen LogP contribution in [-0.4, -0.2) is 30.6 Å². The molecule has 0 saturated carbocycles. The lowest BCUT2D eigenvalue weighted by Crippen LogP contribution is -2.10. The van der Waals surface area contributed by atoms with Crippen LogP contribution >= 0.6 is 15.9 Å². The number of ether oxygens (including phenoxy) is 2. The zero-order valence-corrected chi connectivity index (χ0v) is 14.4. The number of benzene rings is 2. The number of hydrogen-bond acceptors (Lipinski definition) is 4. The molecule has 2 aromatic rings. The summed E-state index contributed by atoms with van der Waals surface area (Å²) in [7, 11) is 1.42. The molecule has 0 aromatic heterocycles. The lowest BCUT2D eigenvalue weighted by molar-refractivity contribution is -0.139. The Bertz CT molecular complexity index is 783. The van der Waals surface area contributed by atoms with Crippen LogP contribution in [0.1, 0.15) is 15.9 Å². The molecular weight excluding hydrogens is 376 g/mol. The SMILES string of the molecule is COc1cc(C(=O)/C=C/c2ccccc2Br)ccc1OCC(=O)O. The molecule has 2 aromatic carbocycles. The fourth-order valence-corrected chi connectivity index (χ4v) is 2.37. The first-order valence-corrected chi connectivity index (χ1v) is 7.80. The molecule has 0 aliphatic heterocycles. The largest absolute Gasteiger partial charge is 0.493 e. The van der Waals surface area contributed by atoms with E-state index in [-0.39, 0.29) is 11.5 Å². The molecule has 0 aliphatic rings. The Morgan fingerprint density at radius 3 is 2.58 bits per heavy atom. The monoisotopic (exact) mass is 390 g/mol. The smallest absolute Gasteiger partial charge is 0.341 e. The maximum Gasteiger partial charge on any atom is 0.341 e. The highest BCUT2D eigenvalue weighted by molar-refractivity contribution is 9.10. The summed E-state index contributed by atoms with van der Waals surface area (Å²) in [6, 6.07) is 12.1. The number of ketones is 1. The number of rotatable bonds is 7. The molecule has 0 radical (unpaired) electrons. The minimum Gasteiger partial charge on any atom is -0.493 e. The summed E-state index contributed by atoms with van der Waals surface area (Å²) in [6.07, 6.45) is 3.18. The van der Waals surface area contributed by atoms with Crippen LogP contribution in [0, 0.1) is 0 Å². The first kappa shape index (κ1) is 17.7. The summed E-state index contributed by atoms with van der Waals surface area (Å²) in [4.78, 5) is 22.8. The first-order valence-electron chi connectivity index (χ1n) is 7.01. The van der Waals surface area contributed by atoms with Crippen molar-refractivity contribution in [2.24, 2.45) is 0 Å². The molecule has 0 atom stereocenters. The van der Waals surface area contributed by atoms with Crippen molar-refractivity contribution in [3.63, 3.8) is 0 Å².